The number of nitrogens with two attached hydrogens (primary N) is 4. The third kappa shape index (κ3) is 5.01. The molecule has 0 radical (unpaired) electrons. The van der Waals surface area contributed by atoms with E-state index >= 15 is 0 Å². The fraction of sp³-hybridized carbons (Fsp3) is 0. The van der Waals surface area contributed by atoms with Crippen LogP contribution in [0.15, 0.2) is 58.5 Å². The van der Waals surface area contributed by atoms with Crippen molar-refractivity contribution in [3.63, 3.8) is 0 Å². The molecule has 7 nitrogen and oxygen atoms in total. The van der Waals surface area contributed by atoms with Crippen LogP contribution in [0, 0.1) is 0 Å². The number of benzene rings is 2. The number of guanidine groups is 2. The van der Waals surface area contributed by atoms with Gasteiger partial charge in [-0.05, 0) is 36.4 Å². The van der Waals surface area contributed by atoms with E-state index < -0.39 is 0 Å². The van der Waals surface area contributed by atoms with Gasteiger partial charge in [0.15, 0.2) is 17.7 Å². The van der Waals surface area contributed by atoms with Crippen LogP contribution in [0.1, 0.15) is 15.9 Å². The minimum atomic E-state index is -0.149. The topological polar surface area (TPSA) is 146 Å². The highest BCUT2D eigenvalue weighted by molar-refractivity contribution is 6.09. The molecule has 2 aromatic rings. The summed E-state index contributed by atoms with van der Waals surface area (Å²) < 4.78 is 0. The molecule has 0 heterocycles. The van der Waals surface area contributed by atoms with E-state index in [0.717, 1.165) is 0 Å². The van der Waals surface area contributed by atoms with E-state index in [0.29, 0.717) is 22.5 Å². The van der Waals surface area contributed by atoms with Crippen LogP contribution in [-0.2, 0) is 0 Å². The van der Waals surface area contributed by atoms with Crippen molar-refractivity contribution in [2.75, 3.05) is 0 Å². The Kier molecular flexibility index (Phi) is 6.11. The lowest BCUT2D eigenvalue weighted by Gasteiger charge is -2.03. The molecule has 2 aromatic carbocycles. The normalized spacial score (nSPS) is 9.39. The fourth-order valence-electron chi connectivity index (χ4n) is 1.87. The number of carbonyl (C=O) groups excluding carboxylic acids is 1. The molecule has 0 saturated carbocycles. The van der Waals surface area contributed by atoms with Gasteiger partial charge in [-0.25, -0.2) is 9.98 Å². The molecule has 0 spiro atoms. The van der Waals surface area contributed by atoms with Gasteiger partial charge in [0, 0.05) is 11.1 Å². The minimum Gasteiger partial charge on any atom is -0.370 e. The fourth-order valence-corrected chi connectivity index (χ4v) is 1.87. The molecule has 8 N–H and O–H groups in total. The summed E-state index contributed by atoms with van der Waals surface area (Å²) >= 11 is 0. The predicted octanol–water partition coefficient (Wildman–Crippen LogP) is 1.15. The molecule has 0 saturated heterocycles. The molecule has 2 rings (SSSR count). The van der Waals surface area contributed by atoms with Gasteiger partial charge in [0.25, 0.3) is 0 Å². The highest BCUT2D eigenvalue weighted by atomic mass is 35.5. The summed E-state index contributed by atoms with van der Waals surface area (Å²) in [7, 11) is 0. The Bertz CT molecular complexity index is 747. The van der Waals surface area contributed by atoms with Gasteiger partial charge in [0.05, 0.1) is 11.4 Å². The van der Waals surface area contributed by atoms with E-state index in [4.69, 9.17) is 22.9 Å². The van der Waals surface area contributed by atoms with Crippen molar-refractivity contribution in [1.82, 2.24) is 0 Å². The lowest BCUT2D eigenvalue weighted by atomic mass is 10.0. The lowest BCUT2D eigenvalue weighted by molar-refractivity contribution is 0.103. The summed E-state index contributed by atoms with van der Waals surface area (Å²) in [5.41, 5.74) is 23.3. The molecular weight excluding hydrogens is 316 g/mol. The van der Waals surface area contributed by atoms with Gasteiger partial charge in [0.2, 0.25) is 0 Å². The molecule has 0 bridgehead atoms. The number of nitrogens with zero attached hydrogens (tertiary/aromatic N) is 2. The highest BCUT2D eigenvalue weighted by Crippen LogP contribution is 2.19. The van der Waals surface area contributed by atoms with Crippen molar-refractivity contribution in [3.05, 3.63) is 59.7 Å². The van der Waals surface area contributed by atoms with Gasteiger partial charge in [-0.3, -0.25) is 4.79 Å². The maximum absolute atomic E-state index is 12.4. The molecule has 120 valence electrons. The van der Waals surface area contributed by atoms with Gasteiger partial charge in [-0.15, -0.1) is 12.4 Å². The van der Waals surface area contributed by atoms with Crippen LogP contribution in [0.5, 0.6) is 0 Å². The van der Waals surface area contributed by atoms with Crippen LogP contribution in [0.2, 0.25) is 0 Å². The van der Waals surface area contributed by atoms with Crippen molar-refractivity contribution in [2.24, 2.45) is 32.9 Å². The summed E-state index contributed by atoms with van der Waals surface area (Å²) in [5, 5.41) is 0. The molecular formula is C15H17ClN6O. The number of rotatable bonds is 4. The number of halogens is 1. The summed E-state index contributed by atoms with van der Waals surface area (Å²) in [4.78, 5) is 20.2. The van der Waals surface area contributed by atoms with Crippen LogP contribution in [0.25, 0.3) is 0 Å². The Morgan fingerprint density at radius 1 is 0.739 bits per heavy atom. The number of hydrogen-bond donors (Lipinski definition) is 4. The van der Waals surface area contributed by atoms with Gasteiger partial charge in [0.1, 0.15) is 0 Å². The Balaban J connectivity index is 0.00000264. The van der Waals surface area contributed by atoms with E-state index in [2.05, 4.69) is 9.98 Å². The SMILES string of the molecule is Cl.NC(N)=Nc1ccc(C(=O)c2cccc(N=C(N)N)c2)cc1. The van der Waals surface area contributed by atoms with Crippen LogP contribution < -0.4 is 22.9 Å². The molecule has 0 amide bonds. The summed E-state index contributed by atoms with van der Waals surface area (Å²) in [6.07, 6.45) is 0. The number of aliphatic imine (C=N–C) groups is 2. The molecule has 8 heteroatoms. The van der Waals surface area contributed by atoms with Crippen LogP contribution in [0.4, 0.5) is 11.4 Å². The molecule has 0 aromatic heterocycles. The largest absolute Gasteiger partial charge is 0.370 e. The monoisotopic (exact) mass is 332 g/mol. The van der Waals surface area contributed by atoms with Crippen LogP contribution in [0.3, 0.4) is 0 Å². The molecule has 0 aliphatic rings. The molecule has 0 atom stereocenters. The van der Waals surface area contributed by atoms with E-state index in [1.54, 1.807) is 48.5 Å². The first-order valence-electron chi connectivity index (χ1n) is 6.40. The summed E-state index contributed by atoms with van der Waals surface area (Å²) in [5.74, 6) is -0.251. The van der Waals surface area contributed by atoms with Crippen molar-refractivity contribution in [3.8, 4) is 0 Å². The lowest BCUT2D eigenvalue weighted by Crippen LogP contribution is -2.21. The Morgan fingerprint density at radius 3 is 1.87 bits per heavy atom. The van der Waals surface area contributed by atoms with Crippen molar-refractivity contribution < 1.29 is 4.79 Å². The van der Waals surface area contributed by atoms with Gasteiger partial charge >= 0.3 is 0 Å². The zero-order valence-electron chi connectivity index (χ0n) is 12.1. The standard InChI is InChI=1S/C15H16N6O.ClH/c16-14(17)20-11-6-4-9(5-7-11)13(22)10-2-1-3-12(8-10)21-15(18)19;/h1-8H,(H4,16,17,20)(H4,18,19,21);1H. The van der Waals surface area contributed by atoms with Gasteiger partial charge in [-0.2, -0.15) is 0 Å². The maximum Gasteiger partial charge on any atom is 0.193 e. The first-order valence-corrected chi connectivity index (χ1v) is 6.40. The number of hydrogen-bond acceptors (Lipinski definition) is 3. The second-order valence-electron chi connectivity index (χ2n) is 4.50. The smallest absolute Gasteiger partial charge is 0.193 e. The van der Waals surface area contributed by atoms with Gasteiger partial charge in [-0.1, -0.05) is 12.1 Å². The van der Waals surface area contributed by atoms with E-state index in [9.17, 15) is 4.79 Å². The van der Waals surface area contributed by atoms with Crippen molar-refractivity contribution >= 4 is 41.5 Å². The van der Waals surface area contributed by atoms with Crippen molar-refractivity contribution in [1.29, 1.82) is 0 Å². The average molecular weight is 333 g/mol. The molecule has 0 aliphatic carbocycles. The first-order chi connectivity index (χ1) is 10.5. The minimum absolute atomic E-state index is 0. The van der Waals surface area contributed by atoms with Crippen molar-refractivity contribution in [2.45, 2.75) is 0 Å². The maximum atomic E-state index is 12.4. The Hall–Kier alpha value is -3.06. The predicted molar refractivity (Wildman–Crippen MR) is 94.5 cm³/mol. The molecule has 23 heavy (non-hydrogen) atoms. The first kappa shape index (κ1) is 18.0. The zero-order valence-corrected chi connectivity index (χ0v) is 13.0. The second kappa shape index (κ2) is 7.81. The van der Waals surface area contributed by atoms with E-state index in [1.807, 2.05) is 0 Å². The quantitative estimate of drug-likeness (QED) is 0.377. The molecule has 0 aliphatic heterocycles. The van der Waals surface area contributed by atoms with E-state index in [1.165, 1.54) is 0 Å². The molecule has 0 fully saturated rings. The van der Waals surface area contributed by atoms with Crippen LogP contribution in [-0.4, -0.2) is 17.7 Å². The third-order valence-corrected chi connectivity index (χ3v) is 2.75. The highest BCUT2D eigenvalue weighted by Gasteiger charge is 2.09. The Morgan fingerprint density at radius 2 is 1.30 bits per heavy atom. The third-order valence-electron chi connectivity index (χ3n) is 2.75. The average Bonchev–Trinajstić information content (AvgIpc) is 2.46. The Labute approximate surface area is 139 Å². The summed E-state index contributed by atoms with van der Waals surface area (Å²) in [6, 6.07) is 13.3. The van der Waals surface area contributed by atoms with E-state index in [-0.39, 0.29) is 30.1 Å². The zero-order chi connectivity index (χ0) is 16.1. The number of carbonyl (C=O) groups is 1. The second-order valence-corrected chi connectivity index (χ2v) is 4.50. The van der Waals surface area contributed by atoms with Gasteiger partial charge < -0.3 is 22.9 Å². The summed E-state index contributed by atoms with van der Waals surface area (Å²) in [6.45, 7) is 0. The van der Waals surface area contributed by atoms with Crippen LogP contribution >= 0.6 is 12.4 Å². The molecule has 0 unspecified atom stereocenters. The number of ketones is 1.